The summed E-state index contributed by atoms with van der Waals surface area (Å²) in [6.45, 7) is 2.04. The van der Waals surface area contributed by atoms with Crippen molar-refractivity contribution < 1.29 is 4.74 Å². The Morgan fingerprint density at radius 2 is 2.12 bits per heavy atom. The minimum Gasteiger partial charge on any atom is -0.494 e. The minimum atomic E-state index is 0.179. The van der Waals surface area contributed by atoms with Gasteiger partial charge in [0.2, 0.25) is 0 Å². The SMILES string of the molecule is CNC(C)c1cn(-c2ccccc2OC)nn1. The quantitative estimate of drug-likeness (QED) is 0.869. The summed E-state index contributed by atoms with van der Waals surface area (Å²) in [5.74, 6) is 0.779. The predicted molar refractivity (Wildman–Crippen MR) is 65.4 cm³/mol. The Morgan fingerprint density at radius 3 is 2.82 bits per heavy atom. The molecule has 17 heavy (non-hydrogen) atoms. The summed E-state index contributed by atoms with van der Waals surface area (Å²) in [5.41, 5.74) is 1.79. The van der Waals surface area contributed by atoms with Crippen molar-refractivity contribution in [2.24, 2.45) is 0 Å². The molecule has 0 aliphatic carbocycles. The van der Waals surface area contributed by atoms with Crippen LogP contribution in [0, 0.1) is 0 Å². The van der Waals surface area contributed by atoms with Gasteiger partial charge in [-0.2, -0.15) is 0 Å². The molecule has 1 atom stereocenters. The molecule has 0 fully saturated rings. The molecule has 5 heteroatoms. The standard InChI is InChI=1S/C12H16N4O/c1-9(13-2)10-8-16(15-14-10)11-6-4-5-7-12(11)17-3/h4-9,13H,1-3H3. The van der Waals surface area contributed by atoms with Gasteiger partial charge in [-0.15, -0.1) is 5.10 Å². The zero-order valence-corrected chi connectivity index (χ0v) is 10.2. The first kappa shape index (κ1) is 11.6. The molecule has 1 unspecified atom stereocenters. The van der Waals surface area contributed by atoms with E-state index in [9.17, 15) is 0 Å². The number of ether oxygens (including phenoxy) is 1. The maximum atomic E-state index is 5.29. The summed E-state index contributed by atoms with van der Waals surface area (Å²) in [6, 6.07) is 7.90. The van der Waals surface area contributed by atoms with E-state index in [2.05, 4.69) is 15.6 Å². The van der Waals surface area contributed by atoms with E-state index in [4.69, 9.17) is 4.74 Å². The number of nitrogens with zero attached hydrogens (tertiary/aromatic N) is 3. The molecule has 0 saturated heterocycles. The Morgan fingerprint density at radius 1 is 1.35 bits per heavy atom. The van der Waals surface area contributed by atoms with Crippen molar-refractivity contribution in [3.63, 3.8) is 0 Å². The minimum absolute atomic E-state index is 0.179. The molecular weight excluding hydrogens is 216 g/mol. The molecule has 90 valence electrons. The van der Waals surface area contributed by atoms with E-state index < -0.39 is 0 Å². The Hall–Kier alpha value is -1.88. The highest BCUT2D eigenvalue weighted by Gasteiger charge is 2.10. The number of benzene rings is 1. The molecule has 1 N–H and O–H groups in total. The molecule has 2 rings (SSSR count). The molecule has 1 aromatic heterocycles. The van der Waals surface area contributed by atoms with Crippen molar-refractivity contribution in [3.8, 4) is 11.4 Å². The summed E-state index contributed by atoms with van der Waals surface area (Å²) in [6.07, 6.45) is 1.90. The summed E-state index contributed by atoms with van der Waals surface area (Å²) < 4.78 is 7.02. The van der Waals surface area contributed by atoms with Gasteiger partial charge in [0.1, 0.15) is 11.4 Å². The lowest BCUT2D eigenvalue weighted by atomic mass is 10.2. The fourth-order valence-electron chi connectivity index (χ4n) is 1.56. The third-order valence-corrected chi connectivity index (χ3v) is 2.72. The van der Waals surface area contributed by atoms with Crippen molar-refractivity contribution in [2.75, 3.05) is 14.2 Å². The van der Waals surface area contributed by atoms with Crippen LogP contribution in [0.3, 0.4) is 0 Å². The molecule has 0 spiro atoms. The number of para-hydroxylation sites is 2. The molecule has 0 saturated carbocycles. The number of nitrogens with one attached hydrogen (secondary N) is 1. The lowest BCUT2D eigenvalue weighted by molar-refractivity contribution is 0.411. The van der Waals surface area contributed by atoms with Crippen LogP contribution in [0.2, 0.25) is 0 Å². The molecular formula is C12H16N4O. The zero-order valence-electron chi connectivity index (χ0n) is 10.2. The highest BCUT2D eigenvalue weighted by molar-refractivity contribution is 5.45. The van der Waals surface area contributed by atoms with Crippen LogP contribution < -0.4 is 10.1 Å². The molecule has 1 aromatic carbocycles. The van der Waals surface area contributed by atoms with E-state index in [0.29, 0.717) is 0 Å². The maximum absolute atomic E-state index is 5.29. The number of rotatable bonds is 4. The van der Waals surface area contributed by atoms with Gasteiger partial charge in [0.15, 0.2) is 0 Å². The lowest BCUT2D eigenvalue weighted by Gasteiger charge is -2.07. The molecule has 1 heterocycles. The fraction of sp³-hybridized carbons (Fsp3) is 0.333. The normalized spacial score (nSPS) is 12.4. The summed E-state index contributed by atoms with van der Waals surface area (Å²) in [7, 11) is 3.54. The molecule has 2 aromatic rings. The van der Waals surface area contributed by atoms with Gasteiger partial charge >= 0.3 is 0 Å². The van der Waals surface area contributed by atoms with E-state index >= 15 is 0 Å². The van der Waals surface area contributed by atoms with Gasteiger partial charge in [-0.1, -0.05) is 17.3 Å². The summed E-state index contributed by atoms with van der Waals surface area (Å²) in [4.78, 5) is 0. The van der Waals surface area contributed by atoms with Crippen LogP contribution in [0.5, 0.6) is 5.75 Å². The van der Waals surface area contributed by atoms with E-state index in [1.807, 2.05) is 44.4 Å². The van der Waals surface area contributed by atoms with Crippen LogP contribution in [0.15, 0.2) is 30.5 Å². The topological polar surface area (TPSA) is 52.0 Å². The van der Waals surface area contributed by atoms with Crippen molar-refractivity contribution in [1.82, 2.24) is 20.3 Å². The Kier molecular flexibility index (Phi) is 3.39. The average molecular weight is 232 g/mol. The molecule has 0 aliphatic rings. The lowest BCUT2D eigenvalue weighted by Crippen LogP contribution is -2.12. The summed E-state index contributed by atoms with van der Waals surface area (Å²) >= 11 is 0. The fourth-order valence-corrected chi connectivity index (χ4v) is 1.56. The molecule has 0 aliphatic heterocycles. The highest BCUT2D eigenvalue weighted by atomic mass is 16.5. The Labute approximate surface area is 100 Å². The van der Waals surface area contributed by atoms with E-state index in [0.717, 1.165) is 17.1 Å². The van der Waals surface area contributed by atoms with Gasteiger partial charge in [-0.05, 0) is 26.1 Å². The largest absolute Gasteiger partial charge is 0.494 e. The molecule has 0 bridgehead atoms. The van der Waals surface area contributed by atoms with Gasteiger partial charge in [-0.25, -0.2) is 4.68 Å². The maximum Gasteiger partial charge on any atom is 0.144 e. The third-order valence-electron chi connectivity index (χ3n) is 2.72. The van der Waals surface area contributed by atoms with Crippen LogP contribution in [0.25, 0.3) is 5.69 Å². The summed E-state index contributed by atoms with van der Waals surface area (Å²) in [5, 5.41) is 11.4. The van der Waals surface area contributed by atoms with Gasteiger partial charge in [0.25, 0.3) is 0 Å². The smallest absolute Gasteiger partial charge is 0.144 e. The monoisotopic (exact) mass is 232 g/mol. The van der Waals surface area contributed by atoms with E-state index in [1.54, 1.807) is 11.8 Å². The van der Waals surface area contributed by atoms with Crippen molar-refractivity contribution >= 4 is 0 Å². The van der Waals surface area contributed by atoms with E-state index in [-0.39, 0.29) is 6.04 Å². The predicted octanol–water partition coefficient (Wildman–Crippen LogP) is 1.56. The van der Waals surface area contributed by atoms with Crippen LogP contribution in [0.4, 0.5) is 0 Å². The molecule has 0 radical (unpaired) electrons. The van der Waals surface area contributed by atoms with Gasteiger partial charge in [-0.3, -0.25) is 0 Å². The Balaban J connectivity index is 2.37. The van der Waals surface area contributed by atoms with E-state index in [1.165, 1.54) is 0 Å². The first-order chi connectivity index (χ1) is 8.26. The van der Waals surface area contributed by atoms with Crippen LogP contribution in [-0.2, 0) is 0 Å². The zero-order chi connectivity index (χ0) is 12.3. The molecule has 5 nitrogen and oxygen atoms in total. The van der Waals surface area contributed by atoms with Gasteiger partial charge in [0.05, 0.1) is 19.0 Å². The number of aromatic nitrogens is 3. The van der Waals surface area contributed by atoms with Crippen molar-refractivity contribution in [3.05, 3.63) is 36.2 Å². The number of hydrogen-bond donors (Lipinski definition) is 1. The number of hydrogen-bond acceptors (Lipinski definition) is 4. The van der Waals surface area contributed by atoms with Gasteiger partial charge < -0.3 is 10.1 Å². The van der Waals surface area contributed by atoms with Gasteiger partial charge in [0, 0.05) is 6.04 Å². The molecule has 0 amide bonds. The first-order valence-corrected chi connectivity index (χ1v) is 5.49. The second-order valence-corrected chi connectivity index (χ2v) is 3.77. The Bertz CT molecular complexity index is 495. The second kappa shape index (κ2) is 4.97. The third kappa shape index (κ3) is 2.29. The van der Waals surface area contributed by atoms with Crippen molar-refractivity contribution in [2.45, 2.75) is 13.0 Å². The first-order valence-electron chi connectivity index (χ1n) is 5.49. The van der Waals surface area contributed by atoms with Crippen LogP contribution >= 0.6 is 0 Å². The van der Waals surface area contributed by atoms with Crippen molar-refractivity contribution in [1.29, 1.82) is 0 Å². The highest BCUT2D eigenvalue weighted by Crippen LogP contribution is 2.21. The second-order valence-electron chi connectivity index (χ2n) is 3.77. The average Bonchev–Trinajstić information content (AvgIpc) is 2.87. The van der Waals surface area contributed by atoms with Crippen LogP contribution in [-0.4, -0.2) is 29.2 Å². The van der Waals surface area contributed by atoms with Crippen LogP contribution in [0.1, 0.15) is 18.7 Å². The number of methoxy groups -OCH3 is 1.